The van der Waals surface area contributed by atoms with Crippen LogP contribution < -0.4 is 0 Å². The fourth-order valence-corrected chi connectivity index (χ4v) is 1.59. The third-order valence-corrected chi connectivity index (χ3v) is 2.86. The minimum Gasteiger partial charge on any atom is -0.192 e. The van der Waals surface area contributed by atoms with E-state index in [2.05, 4.69) is 0 Å². The predicted octanol–water partition coefficient (Wildman–Crippen LogP) is 2.10. The summed E-state index contributed by atoms with van der Waals surface area (Å²) in [6.45, 7) is 6.06. The first-order valence-electron chi connectivity index (χ1n) is 4.28. The van der Waals surface area contributed by atoms with E-state index in [1.165, 1.54) is 12.1 Å². The molecule has 1 radical (unpaired) electrons. The molecule has 0 aromatic heterocycles. The van der Waals surface area contributed by atoms with E-state index in [0.717, 1.165) is 5.56 Å². The highest BCUT2D eigenvalue weighted by molar-refractivity contribution is 7.85. The minimum absolute atomic E-state index is 0.0365. The molecule has 4 heteroatoms. The van der Waals surface area contributed by atoms with Gasteiger partial charge in [-0.3, -0.25) is 0 Å². The standard InChI is InChI=1S/C10H13O3S/c1-10(2,3)8-4-6-9(7-5-8)14(11,12)13/h4-7H,1-3H3. The molecule has 1 rings (SSSR count). The van der Waals surface area contributed by atoms with Crippen LogP contribution in [0.2, 0.25) is 0 Å². The Hall–Kier alpha value is -0.870. The van der Waals surface area contributed by atoms with Crippen LogP contribution in [0.4, 0.5) is 0 Å². The normalized spacial score (nSPS) is 12.9. The van der Waals surface area contributed by atoms with Crippen LogP contribution in [0.3, 0.4) is 0 Å². The second-order valence-electron chi connectivity index (χ2n) is 4.23. The minimum atomic E-state index is -4.32. The molecule has 0 N–H and O–H groups in total. The van der Waals surface area contributed by atoms with E-state index >= 15 is 0 Å². The molecule has 0 fully saturated rings. The van der Waals surface area contributed by atoms with Crippen molar-refractivity contribution in [3.63, 3.8) is 0 Å². The van der Waals surface area contributed by atoms with Gasteiger partial charge in [0, 0.05) is 0 Å². The largest absolute Gasteiger partial charge is 0.324 e. The molecular weight excluding hydrogens is 200 g/mol. The van der Waals surface area contributed by atoms with Crippen molar-refractivity contribution in [3.8, 4) is 0 Å². The average Bonchev–Trinajstić information content (AvgIpc) is 2.01. The van der Waals surface area contributed by atoms with Crippen LogP contribution in [0.5, 0.6) is 0 Å². The molecule has 0 spiro atoms. The van der Waals surface area contributed by atoms with Gasteiger partial charge in [0.15, 0.2) is 0 Å². The first-order valence-corrected chi connectivity index (χ1v) is 5.68. The van der Waals surface area contributed by atoms with Gasteiger partial charge in [-0.05, 0) is 23.1 Å². The zero-order chi connectivity index (χ0) is 11.0. The lowest BCUT2D eigenvalue weighted by Crippen LogP contribution is -2.11. The molecule has 0 amide bonds. The maximum atomic E-state index is 10.6. The zero-order valence-electron chi connectivity index (χ0n) is 8.44. The van der Waals surface area contributed by atoms with Gasteiger partial charge in [-0.1, -0.05) is 37.5 Å². The third kappa shape index (κ3) is 2.56. The summed E-state index contributed by atoms with van der Waals surface area (Å²) >= 11 is 0. The summed E-state index contributed by atoms with van der Waals surface area (Å²) in [6.07, 6.45) is 0. The van der Waals surface area contributed by atoms with Crippen molar-refractivity contribution in [1.29, 1.82) is 0 Å². The van der Waals surface area contributed by atoms with Gasteiger partial charge in [-0.15, -0.1) is 0 Å². The molecule has 14 heavy (non-hydrogen) atoms. The molecule has 0 heterocycles. The van der Waals surface area contributed by atoms with Gasteiger partial charge in [0.1, 0.15) is 0 Å². The topological polar surface area (TPSA) is 54.0 Å². The molecule has 0 aliphatic heterocycles. The van der Waals surface area contributed by atoms with E-state index in [-0.39, 0.29) is 10.3 Å². The van der Waals surface area contributed by atoms with Crippen molar-refractivity contribution in [2.24, 2.45) is 0 Å². The molecule has 0 atom stereocenters. The number of benzene rings is 1. The molecule has 0 saturated heterocycles. The van der Waals surface area contributed by atoms with E-state index in [0.29, 0.717) is 0 Å². The van der Waals surface area contributed by atoms with Gasteiger partial charge in [0.25, 0.3) is 0 Å². The highest BCUT2D eigenvalue weighted by Crippen LogP contribution is 2.23. The van der Waals surface area contributed by atoms with Crippen molar-refractivity contribution in [2.45, 2.75) is 31.1 Å². The predicted molar refractivity (Wildman–Crippen MR) is 53.0 cm³/mol. The molecular formula is C10H13O3S. The monoisotopic (exact) mass is 213 g/mol. The van der Waals surface area contributed by atoms with Crippen molar-refractivity contribution in [2.75, 3.05) is 0 Å². The molecule has 1 aromatic rings. The van der Waals surface area contributed by atoms with Crippen LogP contribution >= 0.6 is 0 Å². The maximum absolute atomic E-state index is 10.6. The Morgan fingerprint density at radius 1 is 1.00 bits per heavy atom. The number of rotatable bonds is 1. The summed E-state index contributed by atoms with van der Waals surface area (Å²) in [5.74, 6) is 0. The van der Waals surface area contributed by atoms with Gasteiger partial charge in [0.05, 0.1) is 4.90 Å². The van der Waals surface area contributed by atoms with E-state index in [1.54, 1.807) is 12.1 Å². The van der Waals surface area contributed by atoms with Crippen molar-refractivity contribution in [1.82, 2.24) is 0 Å². The Bertz CT molecular complexity index is 410. The zero-order valence-corrected chi connectivity index (χ0v) is 9.26. The third-order valence-electron chi connectivity index (χ3n) is 2.01. The summed E-state index contributed by atoms with van der Waals surface area (Å²) in [5, 5.41) is 0. The first-order chi connectivity index (χ1) is 6.21. The molecule has 0 aliphatic rings. The highest BCUT2D eigenvalue weighted by Gasteiger charge is 2.16. The summed E-state index contributed by atoms with van der Waals surface area (Å²) in [6, 6.07) is 6.04. The quantitative estimate of drug-likeness (QED) is 0.717. The van der Waals surface area contributed by atoms with E-state index in [9.17, 15) is 13.0 Å². The van der Waals surface area contributed by atoms with Crippen molar-refractivity contribution >= 4 is 10.1 Å². The summed E-state index contributed by atoms with van der Waals surface area (Å²) in [4.78, 5) is -0.175. The second kappa shape index (κ2) is 3.37. The van der Waals surface area contributed by atoms with Crippen LogP contribution in [0.1, 0.15) is 26.3 Å². The summed E-state index contributed by atoms with van der Waals surface area (Å²) < 4.78 is 31.9. The molecule has 3 nitrogen and oxygen atoms in total. The Kier molecular flexibility index (Phi) is 2.69. The number of hydrogen-bond acceptors (Lipinski definition) is 2. The molecule has 0 aliphatic carbocycles. The van der Waals surface area contributed by atoms with E-state index in [1.807, 2.05) is 20.8 Å². The average molecular weight is 213 g/mol. The Morgan fingerprint density at radius 3 is 1.71 bits per heavy atom. The highest BCUT2D eigenvalue weighted by atomic mass is 32.2. The van der Waals surface area contributed by atoms with Gasteiger partial charge >= 0.3 is 10.1 Å². The SMILES string of the molecule is CC(C)(C)c1ccc(S([O])(=O)=O)cc1. The molecule has 0 saturated carbocycles. The molecule has 0 bridgehead atoms. The summed E-state index contributed by atoms with van der Waals surface area (Å²) in [7, 11) is -4.32. The number of hydrogen-bond donors (Lipinski definition) is 0. The summed E-state index contributed by atoms with van der Waals surface area (Å²) in [5.41, 5.74) is 0.968. The van der Waals surface area contributed by atoms with Crippen molar-refractivity contribution < 1.29 is 13.0 Å². The lowest BCUT2D eigenvalue weighted by molar-refractivity contribution is 0.414. The molecule has 1 aromatic carbocycles. The Balaban J connectivity index is 3.14. The van der Waals surface area contributed by atoms with Gasteiger partial charge in [0.2, 0.25) is 0 Å². The van der Waals surface area contributed by atoms with Crippen LogP contribution in [-0.4, -0.2) is 8.42 Å². The fourth-order valence-electron chi connectivity index (χ4n) is 1.12. The van der Waals surface area contributed by atoms with Crippen LogP contribution in [-0.2, 0) is 20.1 Å². The maximum Gasteiger partial charge on any atom is 0.324 e. The van der Waals surface area contributed by atoms with Crippen molar-refractivity contribution in [3.05, 3.63) is 29.8 Å². The fraction of sp³-hybridized carbons (Fsp3) is 0.400. The lowest BCUT2D eigenvalue weighted by atomic mass is 9.87. The second-order valence-corrected chi connectivity index (χ2v) is 5.61. The van der Waals surface area contributed by atoms with Crippen LogP contribution in [0.25, 0.3) is 0 Å². The molecule has 77 valence electrons. The van der Waals surface area contributed by atoms with Gasteiger partial charge < -0.3 is 0 Å². The van der Waals surface area contributed by atoms with Gasteiger partial charge in [-0.2, -0.15) is 8.42 Å². The first kappa shape index (κ1) is 11.2. The van der Waals surface area contributed by atoms with Crippen LogP contribution in [0, 0.1) is 0 Å². The van der Waals surface area contributed by atoms with Gasteiger partial charge in [-0.25, -0.2) is 0 Å². The lowest BCUT2D eigenvalue weighted by Gasteiger charge is -2.18. The Morgan fingerprint density at radius 2 is 1.43 bits per heavy atom. The molecule has 0 unspecified atom stereocenters. The Labute approximate surface area is 84.5 Å². The van der Waals surface area contributed by atoms with Crippen LogP contribution in [0.15, 0.2) is 29.2 Å². The van der Waals surface area contributed by atoms with E-state index in [4.69, 9.17) is 0 Å². The smallest absolute Gasteiger partial charge is 0.192 e. The van der Waals surface area contributed by atoms with E-state index < -0.39 is 10.1 Å².